The van der Waals surface area contributed by atoms with Gasteiger partial charge < -0.3 is 4.90 Å². The summed E-state index contributed by atoms with van der Waals surface area (Å²) < 4.78 is 30.1. The monoisotopic (exact) mass is 387 g/mol. The van der Waals surface area contributed by atoms with Crippen LogP contribution < -0.4 is 0 Å². The molecule has 0 amide bonds. The zero-order valence-corrected chi connectivity index (χ0v) is 17.7. The Hall–Kier alpha value is -0.470. The van der Waals surface area contributed by atoms with E-state index in [9.17, 15) is 8.42 Å². The maximum Gasteiger partial charge on any atom is 0.282 e. The standard InChI is InChI=1S/C18H33N3O2S2/c1-5-19(6-2)9-10-20(15-18-8-7-11-24-18)25(22,23)21-13-16(3)12-17(4)14-21/h7-8,11,16-17H,5-6,9-10,12-15H2,1-4H3. The maximum absolute atomic E-state index is 13.3. The molecule has 0 bridgehead atoms. The van der Waals surface area contributed by atoms with Gasteiger partial charge >= 0.3 is 0 Å². The molecule has 2 unspecified atom stereocenters. The fraction of sp³-hybridized carbons (Fsp3) is 0.778. The summed E-state index contributed by atoms with van der Waals surface area (Å²) in [6.07, 6.45) is 1.11. The van der Waals surface area contributed by atoms with Crippen molar-refractivity contribution in [3.05, 3.63) is 22.4 Å². The first-order chi connectivity index (χ1) is 11.9. The van der Waals surface area contributed by atoms with Crippen molar-refractivity contribution in [1.82, 2.24) is 13.5 Å². The van der Waals surface area contributed by atoms with Crippen molar-refractivity contribution in [3.63, 3.8) is 0 Å². The van der Waals surface area contributed by atoms with Gasteiger partial charge in [-0.25, -0.2) is 0 Å². The topological polar surface area (TPSA) is 43.9 Å². The lowest BCUT2D eigenvalue weighted by Crippen LogP contribution is -2.50. The molecule has 5 nitrogen and oxygen atoms in total. The Bertz CT molecular complexity index is 590. The molecular formula is C18H33N3O2S2. The van der Waals surface area contributed by atoms with Crippen LogP contribution in [0.1, 0.15) is 39.0 Å². The van der Waals surface area contributed by atoms with E-state index in [4.69, 9.17) is 0 Å². The number of nitrogens with zero attached hydrogens (tertiary/aromatic N) is 3. The second-order valence-electron chi connectivity index (χ2n) is 7.21. The van der Waals surface area contributed by atoms with E-state index in [1.807, 2.05) is 17.5 Å². The molecule has 0 saturated carbocycles. The van der Waals surface area contributed by atoms with E-state index in [-0.39, 0.29) is 0 Å². The van der Waals surface area contributed by atoms with Gasteiger partial charge in [0, 0.05) is 37.6 Å². The molecule has 7 heteroatoms. The minimum atomic E-state index is -3.43. The highest BCUT2D eigenvalue weighted by atomic mass is 32.2. The lowest BCUT2D eigenvalue weighted by Gasteiger charge is -2.37. The van der Waals surface area contributed by atoms with Gasteiger partial charge in [-0.2, -0.15) is 17.0 Å². The van der Waals surface area contributed by atoms with Crippen molar-refractivity contribution in [2.45, 2.75) is 40.7 Å². The molecule has 1 aliphatic rings. The van der Waals surface area contributed by atoms with Gasteiger partial charge in [-0.15, -0.1) is 11.3 Å². The van der Waals surface area contributed by atoms with Crippen LogP contribution in [0.5, 0.6) is 0 Å². The number of likely N-dealkylation sites (N-methyl/N-ethyl adjacent to an activating group) is 1. The summed E-state index contributed by atoms with van der Waals surface area (Å²) in [6, 6.07) is 4.01. The van der Waals surface area contributed by atoms with Crippen LogP contribution in [-0.2, 0) is 16.8 Å². The van der Waals surface area contributed by atoms with Gasteiger partial charge in [0.15, 0.2) is 0 Å². The number of hydrogen-bond acceptors (Lipinski definition) is 4. The fourth-order valence-corrected chi connectivity index (χ4v) is 6.23. The summed E-state index contributed by atoms with van der Waals surface area (Å²) in [4.78, 5) is 3.37. The van der Waals surface area contributed by atoms with E-state index < -0.39 is 10.2 Å². The first-order valence-corrected chi connectivity index (χ1v) is 11.6. The van der Waals surface area contributed by atoms with Gasteiger partial charge in [0.25, 0.3) is 10.2 Å². The van der Waals surface area contributed by atoms with Crippen LogP contribution in [0, 0.1) is 11.8 Å². The molecule has 25 heavy (non-hydrogen) atoms. The second kappa shape index (κ2) is 9.46. The van der Waals surface area contributed by atoms with E-state index >= 15 is 0 Å². The molecule has 1 aromatic heterocycles. The number of rotatable bonds is 9. The van der Waals surface area contributed by atoms with E-state index in [2.05, 4.69) is 32.6 Å². The summed E-state index contributed by atoms with van der Waals surface area (Å²) in [5.41, 5.74) is 0. The van der Waals surface area contributed by atoms with Crippen LogP contribution in [-0.4, -0.2) is 61.2 Å². The normalized spacial score (nSPS) is 22.8. The highest BCUT2D eigenvalue weighted by molar-refractivity contribution is 7.86. The summed E-state index contributed by atoms with van der Waals surface area (Å²) in [5.74, 6) is 0.842. The maximum atomic E-state index is 13.3. The van der Waals surface area contributed by atoms with E-state index in [1.165, 1.54) is 0 Å². The summed E-state index contributed by atoms with van der Waals surface area (Å²) in [5, 5.41) is 2.01. The Morgan fingerprint density at radius 3 is 2.32 bits per heavy atom. The molecule has 0 radical (unpaired) electrons. The Labute approximate surface area is 157 Å². The molecule has 1 fully saturated rings. The smallest absolute Gasteiger partial charge is 0.282 e. The van der Waals surface area contributed by atoms with Gasteiger partial charge in [0.05, 0.1) is 0 Å². The predicted molar refractivity (Wildman–Crippen MR) is 106 cm³/mol. The highest BCUT2D eigenvalue weighted by Crippen LogP contribution is 2.26. The third-order valence-electron chi connectivity index (χ3n) is 4.96. The summed E-state index contributed by atoms with van der Waals surface area (Å²) in [7, 11) is -3.43. The van der Waals surface area contributed by atoms with Gasteiger partial charge in [0.2, 0.25) is 0 Å². The van der Waals surface area contributed by atoms with Crippen molar-refractivity contribution >= 4 is 21.5 Å². The van der Waals surface area contributed by atoms with Gasteiger partial charge in [-0.3, -0.25) is 0 Å². The number of piperidine rings is 1. The molecule has 0 N–H and O–H groups in total. The third-order valence-corrected chi connectivity index (χ3v) is 7.74. The quantitative estimate of drug-likeness (QED) is 0.654. The molecule has 2 atom stereocenters. The third kappa shape index (κ3) is 5.76. The highest BCUT2D eigenvalue weighted by Gasteiger charge is 2.35. The van der Waals surface area contributed by atoms with Crippen LogP contribution in [0.15, 0.2) is 17.5 Å². The van der Waals surface area contributed by atoms with Crippen LogP contribution >= 0.6 is 11.3 Å². The molecule has 2 heterocycles. The van der Waals surface area contributed by atoms with Gasteiger partial charge in [-0.05, 0) is 42.8 Å². The van der Waals surface area contributed by atoms with Gasteiger partial charge in [-0.1, -0.05) is 33.8 Å². The van der Waals surface area contributed by atoms with Crippen LogP contribution in [0.25, 0.3) is 0 Å². The van der Waals surface area contributed by atoms with E-state index in [0.717, 1.165) is 30.9 Å². The Balaban J connectivity index is 2.16. The minimum Gasteiger partial charge on any atom is -0.303 e. The lowest BCUT2D eigenvalue weighted by atomic mass is 9.94. The van der Waals surface area contributed by atoms with Crippen LogP contribution in [0.4, 0.5) is 0 Å². The van der Waals surface area contributed by atoms with Crippen molar-refractivity contribution < 1.29 is 8.42 Å². The minimum absolute atomic E-state index is 0.421. The molecular weight excluding hydrogens is 354 g/mol. The molecule has 1 saturated heterocycles. The average molecular weight is 388 g/mol. The fourth-order valence-electron chi connectivity index (χ4n) is 3.60. The molecule has 0 aromatic carbocycles. The van der Waals surface area contributed by atoms with Crippen LogP contribution in [0.2, 0.25) is 0 Å². The first-order valence-electron chi connectivity index (χ1n) is 9.36. The Kier molecular flexibility index (Phi) is 7.89. The SMILES string of the molecule is CCN(CC)CCN(Cc1cccs1)S(=O)(=O)N1CC(C)CC(C)C1. The molecule has 0 aliphatic carbocycles. The second-order valence-corrected chi connectivity index (χ2v) is 10.2. The molecule has 0 spiro atoms. The van der Waals surface area contributed by atoms with Crippen LogP contribution in [0.3, 0.4) is 0 Å². The van der Waals surface area contributed by atoms with Crippen molar-refractivity contribution in [3.8, 4) is 0 Å². The molecule has 144 valence electrons. The van der Waals surface area contributed by atoms with E-state index in [1.54, 1.807) is 19.9 Å². The first kappa shape index (κ1) is 20.8. The van der Waals surface area contributed by atoms with Crippen molar-refractivity contribution in [2.24, 2.45) is 11.8 Å². The Morgan fingerprint density at radius 1 is 1.16 bits per heavy atom. The molecule has 1 aliphatic heterocycles. The van der Waals surface area contributed by atoms with Gasteiger partial charge in [0.1, 0.15) is 0 Å². The number of hydrogen-bond donors (Lipinski definition) is 0. The molecule has 2 rings (SSSR count). The van der Waals surface area contributed by atoms with Crippen molar-refractivity contribution in [1.29, 1.82) is 0 Å². The summed E-state index contributed by atoms with van der Waals surface area (Å²) in [6.45, 7) is 13.5. The molecule has 1 aromatic rings. The summed E-state index contributed by atoms with van der Waals surface area (Å²) >= 11 is 1.62. The Morgan fingerprint density at radius 2 is 1.80 bits per heavy atom. The zero-order chi connectivity index (χ0) is 18.4. The average Bonchev–Trinajstić information content (AvgIpc) is 3.06. The lowest BCUT2D eigenvalue weighted by molar-refractivity contribution is 0.202. The zero-order valence-electron chi connectivity index (χ0n) is 16.0. The predicted octanol–water partition coefficient (Wildman–Crippen LogP) is 3.11. The van der Waals surface area contributed by atoms with Crippen molar-refractivity contribution in [2.75, 3.05) is 39.3 Å². The largest absolute Gasteiger partial charge is 0.303 e. The van der Waals surface area contributed by atoms with E-state index in [0.29, 0.717) is 38.0 Å². The number of thiophene rings is 1.